The first-order valence-corrected chi connectivity index (χ1v) is 7.80. The van der Waals surface area contributed by atoms with Gasteiger partial charge in [-0.2, -0.15) is 0 Å². The van der Waals surface area contributed by atoms with Crippen LogP contribution in [0.25, 0.3) is 0 Å². The lowest BCUT2D eigenvalue weighted by Crippen LogP contribution is -2.37. The van der Waals surface area contributed by atoms with Crippen molar-refractivity contribution in [3.63, 3.8) is 0 Å². The first-order chi connectivity index (χ1) is 10.5. The molecule has 0 fully saturated rings. The second-order valence-electron chi connectivity index (χ2n) is 5.17. The molecule has 0 spiro atoms. The van der Waals surface area contributed by atoms with Crippen LogP contribution < -0.4 is 10.6 Å². The molecule has 5 heteroatoms. The van der Waals surface area contributed by atoms with E-state index < -0.39 is 0 Å². The van der Waals surface area contributed by atoms with E-state index in [1.165, 1.54) is 12.1 Å². The monoisotopic (exact) mass is 364 g/mol. The zero-order chi connectivity index (χ0) is 16.1. The van der Waals surface area contributed by atoms with Crippen molar-refractivity contribution >= 4 is 27.5 Å². The summed E-state index contributed by atoms with van der Waals surface area (Å²) in [5, 5.41) is 5.98. The van der Waals surface area contributed by atoms with Gasteiger partial charge in [0.25, 0.3) is 0 Å². The number of nitrogens with one attached hydrogen (secondary N) is 2. The SMILES string of the molecule is Cc1ccc(NC(C)C(=O)NCc2ccc(F)cc2)cc1Br. The van der Waals surface area contributed by atoms with E-state index in [1.807, 2.05) is 25.1 Å². The van der Waals surface area contributed by atoms with E-state index >= 15 is 0 Å². The molecule has 2 aromatic rings. The van der Waals surface area contributed by atoms with Crippen LogP contribution in [0, 0.1) is 12.7 Å². The van der Waals surface area contributed by atoms with Crippen molar-refractivity contribution in [1.29, 1.82) is 0 Å². The molecule has 0 radical (unpaired) electrons. The molecule has 2 N–H and O–H groups in total. The molecule has 0 aromatic heterocycles. The van der Waals surface area contributed by atoms with Gasteiger partial charge in [-0.1, -0.05) is 34.1 Å². The summed E-state index contributed by atoms with van der Waals surface area (Å²) >= 11 is 3.47. The molecule has 0 aliphatic heterocycles. The van der Waals surface area contributed by atoms with Crippen molar-refractivity contribution in [2.24, 2.45) is 0 Å². The van der Waals surface area contributed by atoms with E-state index in [0.29, 0.717) is 6.54 Å². The summed E-state index contributed by atoms with van der Waals surface area (Å²) in [4.78, 5) is 12.1. The average molecular weight is 365 g/mol. The number of rotatable bonds is 5. The molecule has 1 atom stereocenters. The van der Waals surface area contributed by atoms with Crippen molar-refractivity contribution in [2.45, 2.75) is 26.4 Å². The summed E-state index contributed by atoms with van der Waals surface area (Å²) in [5.41, 5.74) is 2.88. The van der Waals surface area contributed by atoms with Gasteiger partial charge in [-0.3, -0.25) is 4.79 Å². The first kappa shape index (κ1) is 16.5. The highest BCUT2D eigenvalue weighted by atomic mass is 79.9. The van der Waals surface area contributed by atoms with Gasteiger partial charge in [-0.25, -0.2) is 4.39 Å². The van der Waals surface area contributed by atoms with Gasteiger partial charge < -0.3 is 10.6 Å². The quantitative estimate of drug-likeness (QED) is 0.841. The van der Waals surface area contributed by atoms with Crippen molar-refractivity contribution in [3.05, 3.63) is 63.9 Å². The molecule has 3 nitrogen and oxygen atoms in total. The highest BCUT2D eigenvalue weighted by Crippen LogP contribution is 2.21. The van der Waals surface area contributed by atoms with Crippen molar-refractivity contribution in [1.82, 2.24) is 5.32 Å². The van der Waals surface area contributed by atoms with Crippen LogP contribution in [0.2, 0.25) is 0 Å². The number of anilines is 1. The first-order valence-electron chi connectivity index (χ1n) is 7.00. The highest BCUT2D eigenvalue weighted by Gasteiger charge is 2.12. The fourth-order valence-corrected chi connectivity index (χ4v) is 2.32. The molecule has 0 heterocycles. The van der Waals surface area contributed by atoms with Crippen LogP contribution in [0.15, 0.2) is 46.9 Å². The summed E-state index contributed by atoms with van der Waals surface area (Å²) in [6.07, 6.45) is 0. The zero-order valence-electron chi connectivity index (χ0n) is 12.5. The third-order valence-corrected chi connectivity index (χ3v) is 4.18. The highest BCUT2D eigenvalue weighted by molar-refractivity contribution is 9.10. The Morgan fingerprint density at radius 2 is 1.91 bits per heavy atom. The minimum absolute atomic E-state index is 0.110. The van der Waals surface area contributed by atoms with Gasteiger partial charge in [0.15, 0.2) is 0 Å². The Hall–Kier alpha value is -1.88. The molecule has 2 aromatic carbocycles. The van der Waals surface area contributed by atoms with Gasteiger partial charge in [-0.05, 0) is 49.2 Å². The van der Waals surface area contributed by atoms with Gasteiger partial charge in [0.2, 0.25) is 5.91 Å². The van der Waals surface area contributed by atoms with Crippen molar-refractivity contribution < 1.29 is 9.18 Å². The molecule has 0 bridgehead atoms. The van der Waals surface area contributed by atoms with E-state index in [9.17, 15) is 9.18 Å². The summed E-state index contributed by atoms with van der Waals surface area (Å²) in [5.74, 6) is -0.393. The molecule has 22 heavy (non-hydrogen) atoms. The van der Waals surface area contributed by atoms with E-state index in [4.69, 9.17) is 0 Å². The smallest absolute Gasteiger partial charge is 0.242 e. The van der Waals surface area contributed by atoms with Crippen LogP contribution in [0.3, 0.4) is 0 Å². The normalized spacial score (nSPS) is 11.8. The number of hydrogen-bond donors (Lipinski definition) is 2. The number of aryl methyl sites for hydroxylation is 1. The van der Waals surface area contributed by atoms with Gasteiger partial charge in [-0.15, -0.1) is 0 Å². The van der Waals surface area contributed by atoms with Crippen LogP contribution >= 0.6 is 15.9 Å². The Morgan fingerprint density at radius 3 is 2.55 bits per heavy atom. The number of benzene rings is 2. The summed E-state index contributed by atoms with van der Waals surface area (Å²) in [7, 11) is 0. The Bertz CT molecular complexity index is 658. The van der Waals surface area contributed by atoms with Gasteiger partial charge in [0.05, 0.1) is 0 Å². The van der Waals surface area contributed by atoms with Gasteiger partial charge in [0.1, 0.15) is 11.9 Å². The number of amides is 1. The summed E-state index contributed by atoms with van der Waals surface area (Å²) in [6, 6.07) is 11.6. The molecular weight excluding hydrogens is 347 g/mol. The lowest BCUT2D eigenvalue weighted by atomic mass is 10.2. The Morgan fingerprint density at radius 1 is 1.23 bits per heavy atom. The minimum Gasteiger partial charge on any atom is -0.374 e. The molecule has 0 aliphatic rings. The molecule has 0 saturated heterocycles. The van der Waals surface area contributed by atoms with Crippen LogP contribution in [-0.4, -0.2) is 11.9 Å². The minimum atomic E-state index is -0.366. The third-order valence-electron chi connectivity index (χ3n) is 3.33. The number of hydrogen-bond acceptors (Lipinski definition) is 2. The van der Waals surface area contributed by atoms with E-state index in [2.05, 4.69) is 26.6 Å². The van der Waals surface area contributed by atoms with Crippen LogP contribution in [0.5, 0.6) is 0 Å². The van der Waals surface area contributed by atoms with Gasteiger partial charge >= 0.3 is 0 Å². The Balaban J connectivity index is 1.88. The molecule has 1 amide bonds. The van der Waals surface area contributed by atoms with E-state index in [1.54, 1.807) is 19.1 Å². The fourth-order valence-electron chi connectivity index (χ4n) is 1.94. The fraction of sp³-hybridized carbons (Fsp3) is 0.235. The molecule has 1 unspecified atom stereocenters. The Kier molecular flexibility index (Phi) is 5.55. The standard InChI is InChI=1S/C17H18BrFN2O/c1-11-3-8-15(9-16(11)18)21-12(2)17(22)20-10-13-4-6-14(19)7-5-13/h3-9,12,21H,10H2,1-2H3,(H,20,22). The average Bonchev–Trinajstić information content (AvgIpc) is 2.50. The maximum Gasteiger partial charge on any atom is 0.242 e. The maximum absolute atomic E-state index is 12.8. The molecule has 116 valence electrons. The Labute approximate surface area is 138 Å². The number of carbonyl (C=O) groups excluding carboxylic acids is 1. The third kappa shape index (κ3) is 4.56. The lowest BCUT2D eigenvalue weighted by molar-refractivity contribution is -0.121. The summed E-state index contributed by atoms with van der Waals surface area (Å²) < 4.78 is 13.8. The van der Waals surface area contributed by atoms with Crippen molar-refractivity contribution in [2.75, 3.05) is 5.32 Å². The predicted octanol–water partition coefficient (Wildman–Crippen LogP) is 4.01. The topological polar surface area (TPSA) is 41.1 Å². The molecule has 0 aliphatic carbocycles. The number of halogens is 2. The number of carbonyl (C=O) groups is 1. The largest absolute Gasteiger partial charge is 0.374 e. The van der Waals surface area contributed by atoms with Crippen LogP contribution in [0.1, 0.15) is 18.1 Å². The molecule has 0 saturated carbocycles. The lowest BCUT2D eigenvalue weighted by Gasteiger charge is -2.16. The van der Waals surface area contributed by atoms with E-state index in [0.717, 1.165) is 21.3 Å². The molecule has 2 rings (SSSR count). The van der Waals surface area contributed by atoms with Crippen LogP contribution in [-0.2, 0) is 11.3 Å². The predicted molar refractivity (Wildman–Crippen MR) is 90.2 cm³/mol. The van der Waals surface area contributed by atoms with Gasteiger partial charge in [0, 0.05) is 16.7 Å². The van der Waals surface area contributed by atoms with E-state index in [-0.39, 0.29) is 17.8 Å². The van der Waals surface area contributed by atoms with Crippen molar-refractivity contribution in [3.8, 4) is 0 Å². The molecular formula is C17H18BrFN2O. The second kappa shape index (κ2) is 7.40. The summed E-state index contributed by atoms with van der Waals surface area (Å²) in [6.45, 7) is 4.18. The zero-order valence-corrected chi connectivity index (χ0v) is 14.1. The second-order valence-corrected chi connectivity index (χ2v) is 6.03. The van der Waals surface area contributed by atoms with Crippen LogP contribution in [0.4, 0.5) is 10.1 Å². The maximum atomic E-state index is 12.8.